The van der Waals surface area contributed by atoms with Crippen LogP contribution in [0.15, 0.2) is 28.9 Å². The zero-order valence-electron chi connectivity index (χ0n) is 7.82. The molecule has 4 nitrogen and oxygen atoms in total. The van der Waals surface area contributed by atoms with Gasteiger partial charge in [0, 0.05) is 11.8 Å². The van der Waals surface area contributed by atoms with Gasteiger partial charge in [-0.2, -0.15) is 13.2 Å². The van der Waals surface area contributed by atoms with Crippen LogP contribution < -0.4 is 5.73 Å². The molecule has 0 aliphatic heterocycles. The van der Waals surface area contributed by atoms with E-state index in [9.17, 15) is 13.2 Å². The minimum atomic E-state index is -4.54. The molecule has 2 N–H and O–H groups in total. The number of alkyl halides is 3. The van der Waals surface area contributed by atoms with Gasteiger partial charge in [-0.15, -0.1) is 0 Å². The molecule has 84 valence electrons. The lowest BCUT2D eigenvalue weighted by Crippen LogP contribution is -2.09. The number of hydrogen-bond donors (Lipinski definition) is 1. The average Bonchev–Trinajstić information content (AvgIpc) is 2.64. The summed E-state index contributed by atoms with van der Waals surface area (Å²) >= 11 is 0. The van der Waals surface area contributed by atoms with Crippen molar-refractivity contribution in [1.82, 2.24) is 9.97 Å². The molecule has 0 bridgehead atoms. The Morgan fingerprint density at radius 1 is 1.25 bits per heavy atom. The Kier molecular flexibility index (Phi) is 2.30. The van der Waals surface area contributed by atoms with Crippen LogP contribution in [0.3, 0.4) is 0 Å². The molecule has 2 aromatic heterocycles. The van der Waals surface area contributed by atoms with Gasteiger partial charge in [0.2, 0.25) is 0 Å². The van der Waals surface area contributed by atoms with E-state index in [2.05, 4.69) is 9.97 Å². The van der Waals surface area contributed by atoms with Crippen molar-refractivity contribution in [2.45, 2.75) is 6.18 Å². The van der Waals surface area contributed by atoms with Crippen LogP contribution in [0.2, 0.25) is 0 Å². The number of anilines is 1. The van der Waals surface area contributed by atoms with Crippen molar-refractivity contribution < 1.29 is 17.6 Å². The molecule has 7 heteroatoms. The van der Waals surface area contributed by atoms with Gasteiger partial charge in [0.15, 0.2) is 11.5 Å². The topological polar surface area (TPSA) is 64.9 Å². The highest BCUT2D eigenvalue weighted by atomic mass is 19.4. The molecule has 0 spiro atoms. The fraction of sp³-hybridized carbons (Fsp3) is 0.111. The number of pyridine rings is 1. The number of rotatable bonds is 1. The van der Waals surface area contributed by atoms with E-state index in [1.807, 2.05) is 0 Å². The maximum Gasteiger partial charge on any atom is 0.434 e. The summed E-state index contributed by atoms with van der Waals surface area (Å²) in [6, 6.07) is 2.44. The lowest BCUT2D eigenvalue weighted by Gasteiger charge is -2.08. The summed E-state index contributed by atoms with van der Waals surface area (Å²) in [7, 11) is 0. The fourth-order valence-corrected chi connectivity index (χ4v) is 1.24. The molecule has 0 saturated carbocycles. The monoisotopic (exact) mass is 229 g/mol. The number of oxazole rings is 1. The third-order valence-electron chi connectivity index (χ3n) is 1.87. The van der Waals surface area contributed by atoms with E-state index in [1.54, 1.807) is 0 Å². The van der Waals surface area contributed by atoms with Crippen molar-refractivity contribution in [1.29, 1.82) is 0 Å². The second-order valence-corrected chi connectivity index (χ2v) is 2.96. The Morgan fingerprint density at radius 2 is 2.00 bits per heavy atom. The first-order valence-corrected chi connectivity index (χ1v) is 4.22. The molecule has 0 atom stereocenters. The lowest BCUT2D eigenvalue weighted by molar-refractivity contribution is -0.140. The van der Waals surface area contributed by atoms with Gasteiger partial charge in [0.25, 0.3) is 6.01 Å². The number of nitrogens with two attached hydrogens (primary N) is 1. The Morgan fingerprint density at radius 3 is 2.56 bits per heavy atom. The summed E-state index contributed by atoms with van der Waals surface area (Å²) in [6.07, 6.45) is -2.36. The van der Waals surface area contributed by atoms with E-state index in [0.717, 1.165) is 12.4 Å². The lowest BCUT2D eigenvalue weighted by atomic mass is 10.1. The Bertz CT molecular complexity index is 507. The van der Waals surface area contributed by atoms with Crippen molar-refractivity contribution in [3.63, 3.8) is 0 Å². The molecule has 0 aliphatic rings. The third-order valence-corrected chi connectivity index (χ3v) is 1.87. The van der Waals surface area contributed by atoms with Gasteiger partial charge in [-0.3, -0.25) is 4.98 Å². The quantitative estimate of drug-likeness (QED) is 0.815. The predicted octanol–water partition coefficient (Wildman–Crippen LogP) is 2.34. The highest BCUT2D eigenvalue weighted by Crippen LogP contribution is 2.35. The fourth-order valence-electron chi connectivity index (χ4n) is 1.24. The van der Waals surface area contributed by atoms with Crippen LogP contribution >= 0.6 is 0 Å². The van der Waals surface area contributed by atoms with Gasteiger partial charge in [0.1, 0.15) is 0 Å². The molecule has 0 saturated heterocycles. The summed E-state index contributed by atoms with van der Waals surface area (Å²) in [4.78, 5) is 6.81. The number of nitrogen functional groups attached to an aromatic ring is 1. The minimum Gasteiger partial charge on any atom is -0.424 e. The molecule has 0 radical (unpaired) electrons. The first kappa shape index (κ1) is 10.5. The van der Waals surface area contributed by atoms with Crippen molar-refractivity contribution >= 4 is 6.01 Å². The Labute approximate surface area is 87.9 Å². The highest BCUT2D eigenvalue weighted by molar-refractivity contribution is 5.60. The highest BCUT2D eigenvalue weighted by Gasteiger charge is 2.36. The normalized spacial score (nSPS) is 11.7. The van der Waals surface area contributed by atoms with E-state index in [-0.39, 0.29) is 17.3 Å². The molecule has 2 aromatic rings. The molecule has 2 rings (SSSR count). The van der Waals surface area contributed by atoms with Crippen LogP contribution in [-0.4, -0.2) is 9.97 Å². The van der Waals surface area contributed by atoms with Crippen molar-refractivity contribution in [2.75, 3.05) is 5.73 Å². The van der Waals surface area contributed by atoms with Crippen LogP contribution in [0.5, 0.6) is 0 Å². The molecule has 0 unspecified atom stereocenters. The zero-order chi connectivity index (χ0) is 11.8. The van der Waals surface area contributed by atoms with Crippen molar-refractivity contribution in [3.05, 3.63) is 30.2 Å². The maximum atomic E-state index is 12.6. The van der Waals surface area contributed by atoms with Crippen LogP contribution in [0, 0.1) is 0 Å². The third kappa shape index (κ3) is 1.83. The standard InChI is InChI=1S/C9H6F3N3O/c10-9(11,12)7-5(2-1-3-14-7)6-4-15-8(13)16-6/h1-4H,(H2,13,15). The Balaban J connectivity index is 2.57. The van der Waals surface area contributed by atoms with Crippen LogP contribution in [-0.2, 0) is 6.18 Å². The summed E-state index contributed by atoms with van der Waals surface area (Å²) < 4.78 is 42.6. The summed E-state index contributed by atoms with van der Waals surface area (Å²) in [5, 5.41) is 0. The van der Waals surface area contributed by atoms with Gasteiger partial charge in [0.05, 0.1) is 6.20 Å². The van der Waals surface area contributed by atoms with E-state index in [1.165, 1.54) is 12.1 Å². The van der Waals surface area contributed by atoms with Gasteiger partial charge in [-0.05, 0) is 12.1 Å². The van der Waals surface area contributed by atoms with Gasteiger partial charge in [-0.1, -0.05) is 0 Å². The molecule has 0 fully saturated rings. The van der Waals surface area contributed by atoms with E-state index >= 15 is 0 Å². The summed E-state index contributed by atoms with van der Waals surface area (Å²) in [6.45, 7) is 0. The minimum absolute atomic E-state index is 0.0575. The number of hydrogen-bond acceptors (Lipinski definition) is 4. The van der Waals surface area contributed by atoms with Crippen molar-refractivity contribution in [2.24, 2.45) is 0 Å². The largest absolute Gasteiger partial charge is 0.434 e. The van der Waals surface area contributed by atoms with Gasteiger partial charge < -0.3 is 10.2 Å². The van der Waals surface area contributed by atoms with Gasteiger partial charge >= 0.3 is 6.18 Å². The van der Waals surface area contributed by atoms with Crippen molar-refractivity contribution in [3.8, 4) is 11.3 Å². The van der Waals surface area contributed by atoms with Crippen LogP contribution in [0.1, 0.15) is 5.69 Å². The predicted molar refractivity (Wildman–Crippen MR) is 49.1 cm³/mol. The second-order valence-electron chi connectivity index (χ2n) is 2.96. The maximum absolute atomic E-state index is 12.6. The van der Waals surface area contributed by atoms with Crippen LogP contribution in [0.25, 0.3) is 11.3 Å². The SMILES string of the molecule is Nc1ncc(-c2cccnc2C(F)(F)F)o1. The van der Waals surface area contributed by atoms with E-state index in [0.29, 0.717) is 0 Å². The Hall–Kier alpha value is -2.05. The molecule has 0 aliphatic carbocycles. The molecule has 16 heavy (non-hydrogen) atoms. The molecular formula is C9H6F3N3O. The summed E-state index contributed by atoms with van der Waals surface area (Å²) in [5.41, 5.74) is 3.99. The van der Waals surface area contributed by atoms with Gasteiger partial charge in [-0.25, -0.2) is 4.98 Å². The van der Waals surface area contributed by atoms with Crippen LogP contribution in [0.4, 0.5) is 19.2 Å². The molecule has 0 amide bonds. The van der Waals surface area contributed by atoms with E-state index in [4.69, 9.17) is 10.2 Å². The molecular weight excluding hydrogens is 223 g/mol. The molecule has 0 aromatic carbocycles. The second kappa shape index (κ2) is 3.51. The average molecular weight is 229 g/mol. The van der Waals surface area contributed by atoms with E-state index < -0.39 is 11.9 Å². The number of nitrogens with zero attached hydrogens (tertiary/aromatic N) is 2. The molecule has 2 heterocycles. The first-order valence-electron chi connectivity index (χ1n) is 4.22. The smallest absolute Gasteiger partial charge is 0.424 e. The summed E-state index contributed by atoms with van der Waals surface area (Å²) in [5.74, 6) is -0.0575. The number of aromatic nitrogens is 2. The zero-order valence-corrected chi connectivity index (χ0v) is 7.82. The first-order chi connectivity index (χ1) is 7.48. The number of halogens is 3.